The van der Waals surface area contributed by atoms with Crippen LogP contribution in [0, 0.1) is 0 Å². The summed E-state index contributed by atoms with van der Waals surface area (Å²) in [5, 5.41) is 4.23. The van der Waals surface area contributed by atoms with Crippen molar-refractivity contribution in [3.8, 4) is 5.75 Å². The standard InChI is InChI=1S/C29H32N5O9P/c1-15(2)38-28(35)16(3)33-44(37,43-21-11-7-9-18-8-5-6-10-19(18)21)42-17(4)23-24-25(41-29(36)40-24)27(39-23)34-14-32-22-20(30)12-13-31-26(22)34/h5-17,23-25,27H,1-4H3,(H2,30,31)(H,33,37)/t16?,17?,23-,24?,25?,27-,44?/m1/s1. The third-order valence-electron chi connectivity index (χ3n) is 7.25. The van der Waals surface area contributed by atoms with Crippen molar-refractivity contribution in [2.75, 3.05) is 5.73 Å². The first-order valence-electron chi connectivity index (χ1n) is 14.1. The molecule has 2 aliphatic heterocycles. The number of anilines is 1. The zero-order valence-electron chi connectivity index (χ0n) is 24.4. The summed E-state index contributed by atoms with van der Waals surface area (Å²) in [7, 11) is -4.34. The van der Waals surface area contributed by atoms with Gasteiger partial charge in [-0.05, 0) is 45.2 Å². The van der Waals surface area contributed by atoms with Gasteiger partial charge >= 0.3 is 19.9 Å². The number of carbonyl (C=O) groups is 2. The van der Waals surface area contributed by atoms with Gasteiger partial charge in [0.2, 0.25) is 0 Å². The minimum atomic E-state index is -4.34. The minimum Gasteiger partial charge on any atom is -0.462 e. The molecule has 7 atom stereocenters. The quantitative estimate of drug-likeness (QED) is 0.186. The number of pyridine rings is 1. The highest BCUT2D eigenvalue weighted by molar-refractivity contribution is 7.52. The van der Waals surface area contributed by atoms with E-state index in [1.165, 1.54) is 19.4 Å². The van der Waals surface area contributed by atoms with Gasteiger partial charge in [-0.2, -0.15) is 5.09 Å². The van der Waals surface area contributed by atoms with Crippen LogP contribution in [0.3, 0.4) is 0 Å². The maximum atomic E-state index is 14.5. The van der Waals surface area contributed by atoms with Crippen molar-refractivity contribution in [3.05, 3.63) is 61.1 Å². The van der Waals surface area contributed by atoms with Crippen LogP contribution in [-0.2, 0) is 32.8 Å². The van der Waals surface area contributed by atoms with Gasteiger partial charge in [-0.3, -0.25) is 13.9 Å². The summed E-state index contributed by atoms with van der Waals surface area (Å²) in [6, 6.07) is 13.2. The number of nitrogens with one attached hydrogen (secondary N) is 1. The second kappa shape index (κ2) is 11.7. The highest BCUT2D eigenvalue weighted by atomic mass is 31.2. The molecule has 4 aromatic rings. The topological polar surface area (TPSA) is 175 Å². The number of benzene rings is 2. The molecule has 4 heterocycles. The van der Waals surface area contributed by atoms with Crippen molar-refractivity contribution in [1.82, 2.24) is 19.6 Å². The van der Waals surface area contributed by atoms with Crippen molar-refractivity contribution >= 4 is 47.5 Å². The van der Waals surface area contributed by atoms with E-state index < -0.39 is 62.7 Å². The highest BCUT2D eigenvalue weighted by Gasteiger charge is 2.58. The first kappa shape index (κ1) is 29.8. The predicted octanol–water partition coefficient (Wildman–Crippen LogP) is 4.49. The molecule has 232 valence electrons. The zero-order valence-corrected chi connectivity index (χ0v) is 25.2. The van der Waals surface area contributed by atoms with Crippen molar-refractivity contribution in [3.63, 3.8) is 0 Å². The maximum absolute atomic E-state index is 14.5. The Bertz CT molecular complexity index is 1760. The number of hydrogen-bond acceptors (Lipinski definition) is 12. The van der Waals surface area contributed by atoms with Crippen LogP contribution >= 0.6 is 7.75 Å². The van der Waals surface area contributed by atoms with Crippen molar-refractivity contribution in [2.45, 2.75) is 70.5 Å². The lowest BCUT2D eigenvalue weighted by atomic mass is 10.1. The lowest BCUT2D eigenvalue weighted by Gasteiger charge is -2.29. The first-order chi connectivity index (χ1) is 21.0. The fourth-order valence-corrected chi connectivity index (χ4v) is 7.01. The van der Waals surface area contributed by atoms with Gasteiger partial charge in [0, 0.05) is 11.6 Å². The average Bonchev–Trinajstić information content (AvgIpc) is 3.66. The largest absolute Gasteiger partial charge is 0.509 e. The van der Waals surface area contributed by atoms with Crippen LogP contribution in [0.2, 0.25) is 0 Å². The summed E-state index contributed by atoms with van der Waals surface area (Å²) in [4.78, 5) is 33.7. The number of esters is 1. The number of fused-ring (bicyclic) bond motifs is 3. The molecule has 3 N–H and O–H groups in total. The molecular formula is C29H32N5O9P. The third-order valence-corrected chi connectivity index (χ3v) is 9.00. The Balaban J connectivity index is 1.30. The van der Waals surface area contributed by atoms with E-state index in [1.807, 2.05) is 30.3 Å². The average molecular weight is 626 g/mol. The van der Waals surface area contributed by atoms with Gasteiger partial charge in [-0.25, -0.2) is 19.3 Å². The van der Waals surface area contributed by atoms with Crippen molar-refractivity contribution in [1.29, 1.82) is 0 Å². The van der Waals surface area contributed by atoms with E-state index in [0.717, 1.165) is 5.39 Å². The first-order valence-corrected chi connectivity index (χ1v) is 15.6. The van der Waals surface area contributed by atoms with Crippen LogP contribution in [0.25, 0.3) is 21.9 Å². The Morgan fingerprint density at radius 1 is 1.05 bits per heavy atom. The van der Waals surface area contributed by atoms with Gasteiger partial charge in [-0.15, -0.1) is 0 Å². The number of ether oxygens (including phenoxy) is 4. The van der Waals surface area contributed by atoms with E-state index in [1.54, 1.807) is 43.5 Å². The van der Waals surface area contributed by atoms with Crippen LogP contribution in [0.4, 0.5) is 10.5 Å². The fraction of sp³-hybridized carbons (Fsp3) is 0.379. The number of nitrogens with two attached hydrogens (primary N) is 1. The van der Waals surface area contributed by atoms with Crippen molar-refractivity contribution < 1.29 is 42.1 Å². The van der Waals surface area contributed by atoms with E-state index in [9.17, 15) is 14.2 Å². The molecule has 0 saturated carbocycles. The molecule has 2 aliphatic rings. The van der Waals surface area contributed by atoms with E-state index >= 15 is 0 Å². The van der Waals surface area contributed by atoms with Crippen LogP contribution in [0.5, 0.6) is 5.75 Å². The summed E-state index contributed by atoms with van der Waals surface area (Å²) in [5.41, 5.74) is 7.33. The summed E-state index contributed by atoms with van der Waals surface area (Å²) in [6.07, 6.45) is -3.01. The molecule has 0 aliphatic carbocycles. The van der Waals surface area contributed by atoms with Crippen LogP contribution in [0.1, 0.15) is 33.9 Å². The Labute approximate surface area is 252 Å². The smallest absolute Gasteiger partial charge is 0.462 e. The molecule has 15 heteroatoms. The Kier molecular flexibility index (Phi) is 7.93. The Morgan fingerprint density at radius 2 is 1.80 bits per heavy atom. The van der Waals surface area contributed by atoms with Crippen LogP contribution in [0.15, 0.2) is 61.1 Å². The number of carbonyl (C=O) groups excluding carboxylic acids is 2. The number of imidazole rings is 1. The van der Waals surface area contributed by atoms with Crippen LogP contribution in [-0.4, -0.2) is 63.2 Å². The molecule has 2 aromatic heterocycles. The molecule has 5 unspecified atom stereocenters. The fourth-order valence-electron chi connectivity index (χ4n) is 5.30. The van der Waals surface area contributed by atoms with E-state index in [2.05, 4.69) is 15.1 Å². The molecule has 2 fully saturated rings. The number of nitrogen functional groups attached to an aromatic ring is 1. The molecule has 44 heavy (non-hydrogen) atoms. The second-order valence-corrected chi connectivity index (χ2v) is 12.5. The van der Waals surface area contributed by atoms with Gasteiger partial charge in [-0.1, -0.05) is 36.4 Å². The SMILES string of the molecule is CC(C)OC(=O)C(C)NP(=O)(Oc1cccc2ccccc12)OC(C)[C@H]1O[C@@H](n2cnc3c(N)ccnc32)C2OC(=O)OC21. The van der Waals surface area contributed by atoms with Gasteiger partial charge in [0.05, 0.1) is 24.2 Å². The summed E-state index contributed by atoms with van der Waals surface area (Å²) in [6.45, 7) is 6.50. The van der Waals surface area contributed by atoms with Crippen LogP contribution < -0.4 is 15.3 Å². The molecule has 0 radical (unpaired) electrons. The minimum absolute atomic E-state index is 0.267. The van der Waals surface area contributed by atoms with Gasteiger partial charge in [0.25, 0.3) is 0 Å². The molecule has 0 bridgehead atoms. The van der Waals surface area contributed by atoms with Gasteiger partial charge < -0.3 is 29.2 Å². The molecule has 6 rings (SSSR count). The third kappa shape index (κ3) is 5.69. The molecule has 14 nitrogen and oxygen atoms in total. The monoisotopic (exact) mass is 625 g/mol. The lowest BCUT2D eigenvalue weighted by molar-refractivity contribution is -0.149. The number of rotatable bonds is 10. The summed E-state index contributed by atoms with van der Waals surface area (Å²) < 4.78 is 50.8. The normalized spacial score (nSPS) is 24.0. The zero-order chi connectivity index (χ0) is 31.2. The van der Waals surface area contributed by atoms with Crippen molar-refractivity contribution in [2.24, 2.45) is 0 Å². The highest BCUT2D eigenvalue weighted by Crippen LogP contribution is 2.50. The van der Waals surface area contributed by atoms with E-state index in [4.69, 9.17) is 33.7 Å². The lowest BCUT2D eigenvalue weighted by Crippen LogP contribution is -2.41. The summed E-state index contributed by atoms with van der Waals surface area (Å²) >= 11 is 0. The number of aromatic nitrogens is 3. The number of nitrogens with zero attached hydrogens (tertiary/aromatic N) is 3. The van der Waals surface area contributed by atoms with E-state index in [0.29, 0.717) is 22.2 Å². The second-order valence-electron chi connectivity index (χ2n) is 10.8. The molecule has 0 amide bonds. The van der Waals surface area contributed by atoms with E-state index in [-0.39, 0.29) is 5.75 Å². The van der Waals surface area contributed by atoms with Gasteiger partial charge in [0.1, 0.15) is 23.4 Å². The maximum Gasteiger partial charge on any atom is 0.509 e. The molecule has 2 saturated heterocycles. The molecular weight excluding hydrogens is 593 g/mol. The molecule has 0 spiro atoms. The Hall–Kier alpha value is -4.23. The predicted molar refractivity (Wildman–Crippen MR) is 158 cm³/mol. The molecule has 2 aromatic carbocycles. The number of hydrogen-bond donors (Lipinski definition) is 2. The van der Waals surface area contributed by atoms with Gasteiger partial charge in [0.15, 0.2) is 24.1 Å². The Morgan fingerprint density at radius 3 is 2.59 bits per heavy atom. The summed E-state index contributed by atoms with van der Waals surface area (Å²) in [5.74, 6) is -0.380.